The molecule has 11 heteroatoms. The first-order valence-electron chi connectivity index (χ1n) is 5.72. The van der Waals surface area contributed by atoms with Crippen LogP contribution in [0, 0.1) is 5.92 Å². The Morgan fingerprint density at radius 3 is 1.48 bits per heavy atom. The van der Waals surface area contributed by atoms with Gasteiger partial charge in [-0.3, -0.25) is 0 Å². The third-order valence-corrected chi connectivity index (χ3v) is 4.10. The Hall–Kier alpha value is -0.450. The van der Waals surface area contributed by atoms with Gasteiger partial charge in [-0.05, 0) is 23.8 Å². The summed E-state index contributed by atoms with van der Waals surface area (Å²) in [6.07, 6.45) is -12.1. The lowest BCUT2D eigenvalue weighted by molar-refractivity contribution is -0.358. The average Bonchev–Trinajstić information content (AvgIpc) is 2.32. The molecule has 1 aromatic rings. The lowest BCUT2D eigenvalue weighted by Crippen LogP contribution is -2.58. The van der Waals surface area contributed by atoms with E-state index < -0.39 is 35.4 Å². The zero-order valence-corrected chi connectivity index (χ0v) is 14.1. The number of alkyl halides is 9. The number of hydrogen-bond acceptors (Lipinski definition) is 0. The SMILES string of the molecule is CC(C(F)(F)F)C(F)(c1cc(Br)cc(Br)c1)C(F)(F)C(F)(F)F. The van der Waals surface area contributed by atoms with Crippen LogP contribution in [0.5, 0.6) is 0 Å². The fourth-order valence-corrected chi connectivity index (χ4v) is 3.19. The molecule has 0 aromatic heterocycles. The average molecular weight is 482 g/mol. The van der Waals surface area contributed by atoms with Crippen LogP contribution in [0.2, 0.25) is 0 Å². The van der Waals surface area contributed by atoms with Crippen molar-refractivity contribution in [3.63, 3.8) is 0 Å². The van der Waals surface area contributed by atoms with Crippen LogP contribution >= 0.6 is 31.9 Å². The largest absolute Gasteiger partial charge is 0.457 e. The van der Waals surface area contributed by atoms with Gasteiger partial charge in [0.1, 0.15) is 0 Å². The molecule has 0 bridgehead atoms. The minimum absolute atomic E-state index is 0.0611. The highest BCUT2D eigenvalue weighted by atomic mass is 79.9. The Bertz CT molecular complexity index is 559. The molecule has 0 spiro atoms. The molecular weight excluding hydrogens is 475 g/mol. The molecule has 0 saturated carbocycles. The molecule has 0 aliphatic carbocycles. The molecule has 0 fully saturated rings. The van der Waals surface area contributed by atoms with Crippen LogP contribution < -0.4 is 0 Å². The first-order chi connectivity index (χ1) is 10.0. The molecule has 2 unspecified atom stereocenters. The highest BCUT2D eigenvalue weighted by Gasteiger charge is 2.76. The lowest BCUT2D eigenvalue weighted by Gasteiger charge is -2.39. The van der Waals surface area contributed by atoms with Crippen LogP contribution in [-0.2, 0) is 5.67 Å². The van der Waals surface area contributed by atoms with E-state index in [0.717, 1.165) is 6.07 Å². The van der Waals surface area contributed by atoms with E-state index in [9.17, 15) is 39.5 Å². The van der Waals surface area contributed by atoms with Gasteiger partial charge in [0.25, 0.3) is 0 Å². The highest BCUT2D eigenvalue weighted by Crippen LogP contribution is 2.58. The number of benzene rings is 1. The van der Waals surface area contributed by atoms with E-state index in [1.165, 1.54) is 0 Å². The minimum Gasteiger partial charge on any atom is -0.231 e. The second-order valence-corrected chi connectivity index (χ2v) is 6.54. The van der Waals surface area contributed by atoms with Crippen molar-refractivity contribution in [3.05, 3.63) is 32.7 Å². The van der Waals surface area contributed by atoms with Crippen LogP contribution in [0.4, 0.5) is 39.5 Å². The first-order valence-corrected chi connectivity index (χ1v) is 7.30. The summed E-state index contributed by atoms with van der Waals surface area (Å²) in [5, 5.41) is 0. The van der Waals surface area contributed by atoms with Gasteiger partial charge < -0.3 is 0 Å². The maximum Gasteiger partial charge on any atom is 0.457 e. The van der Waals surface area contributed by atoms with E-state index in [1.807, 2.05) is 0 Å². The fraction of sp³-hybridized carbons (Fsp3) is 0.500. The summed E-state index contributed by atoms with van der Waals surface area (Å²) in [5.74, 6) is -9.89. The van der Waals surface area contributed by atoms with Gasteiger partial charge in [-0.1, -0.05) is 38.8 Å². The third-order valence-electron chi connectivity index (χ3n) is 3.18. The first kappa shape index (κ1) is 20.6. The molecule has 0 heterocycles. The molecule has 0 radical (unpaired) electrons. The molecule has 0 aliphatic rings. The van der Waals surface area contributed by atoms with E-state index in [1.54, 1.807) is 0 Å². The van der Waals surface area contributed by atoms with Gasteiger partial charge >= 0.3 is 18.3 Å². The van der Waals surface area contributed by atoms with Crippen molar-refractivity contribution in [1.82, 2.24) is 0 Å². The smallest absolute Gasteiger partial charge is 0.231 e. The zero-order chi connectivity index (χ0) is 18.4. The fourth-order valence-electron chi connectivity index (χ4n) is 1.90. The number of rotatable bonds is 3. The van der Waals surface area contributed by atoms with Crippen LogP contribution in [0.3, 0.4) is 0 Å². The third kappa shape index (κ3) is 3.64. The summed E-state index contributed by atoms with van der Waals surface area (Å²) in [4.78, 5) is 0. The maximum atomic E-state index is 14.8. The topological polar surface area (TPSA) is 0 Å². The van der Waals surface area contributed by atoms with E-state index >= 15 is 0 Å². The monoisotopic (exact) mass is 480 g/mol. The summed E-state index contributed by atoms with van der Waals surface area (Å²) < 4.78 is 118. The quantitative estimate of drug-likeness (QED) is 0.418. The summed E-state index contributed by atoms with van der Waals surface area (Å²) in [7, 11) is 0. The van der Waals surface area contributed by atoms with Crippen molar-refractivity contribution in [1.29, 1.82) is 0 Å². The number of hydrogen-bond donors (Lipinski definition) is 0. The highest BCUT2D eigenvalue weighted by molar-refractivity contribution is 9.11. The van der Waals surface area contributed by atoms with Gasteiger partial charge in [-0.15, -0.1) is 0 Å². The van der Waals surface area contributed by atoms with E-state index in [0.29, 0.717) is 12.1 Å². The molecule has 0 amide bonds. The molecule has 2 atom stereocenters. The van der Waals surface area contributed by atoms with Crippen LogP contribution in [0.15, 0.2) is 27.1 Å². The Morgan fingerprint density at radius 2 is 1.17 bits per heavy atom. The van der Waals surface area contributed by atoms with E-state index in [2.05, 4.69) is 31.9 Å². The van der Waals surface area contributed by atoms with Crippen molar-refractivity contribution in [2.45, 2.75) is 30.9 Å². The van der Waals surface area contributed by atoms with Gasteiger partial charge in [0.15, 0.2) is 0 Å². The molecule has 1 aromatic carbocycles. The molecule has 0 saturated heterocycles. The van der Waals surface area contributed by atoms with Crippen LogP contribution in [0.25, 0.3) is 0 Å². The molecule has 0 nitrogen and oxygen atoms in total. The van der Waals surface area contributed by atoms with Gasteiger partial charge in [0, 0.05) is 8.95 Å². The van der Waals surface area contributed by atoms with Crippen molar-refractivity contribution < 1.29 is 39.5 Å². The summed E-state index contributed by atoms with van der Waals surface area (Å²) in [5.41, 5.74) is -6.50. The van der Waals surface area contributed by atoms with Crippen LogP contribution in [0.1, 0.15) is 12.5 Å². The second kappa shape index (κ2) is 6.12. The molecule has 132 valence electrons. The van der Waals surface area contributed by atoms with Gasteiger partial charge in [-0.25, -0.2) is 4.39 Å². The van der Waals surface area contributed by atoms with Gasteiger partial charge in [0.05, 0.1) is 5.92 Å². The Kier molecular flexibility index (Phi) is 5.48. The molecule has 0 N–H and O–H groups in total. The normalized spacial score (nSPS) is 17.7. The van der Waals surface area contributed by atoms with Crippen LogP contribution in [-0.4, -0.2) is 18.3 Å². The maximum absolute atomic E-state index is 14.8. The summed E-state index contributed by atoms with van der Waals surface area (Å²) >= 11 is 5.44. The van der Waals surface area contributed by atoms with Crippen molar-refractivity contribution in [2.24, 2.45) is 5.92 Å². The lowest BCUT2D eigenvalue weighted by atomic mass is 9.78. The van der Waals surface area contributed by atoms with E-state index in [4.69, 9.17) is 0 Å². The van der Waals surface area contributed by atoms with Crippen molar-refractivity contribution in [2.75, 3.05) is 0 Å². The standard InChI is InChI=1S/C12H7Br2F9/c1-5(10(16,17)18)9(15,11(19,20)12(21,22)23)6-2-7(13)4-8(14)3-6/h2-5H,1H3. The van der Waals surface area contributed by atoms with Gasteiger partial charge in [0.2, 0.25) is 5.67 Å². The van der Waals surface area contributed by atoms with Gasteiger partial charge in [-0.2, -0.15) is 35.1 Å². The predicted molar refractivity (Wildman–Crippen MR) is 70.8 cm³/mol. The molecule has 0 aliphatic heterocycles. The summed E-state index contributed by atoms with van der Waals surface area (Å²) in [6.45, 7) is -0.0611. The Morgan fingerprint density at radius 1 is 0.783 bits per heavy atom. The summed E-state index contributed by atoms with van der Waals surface area (Å²) in [6, 6.07) is 2.05. The van der Waals surface area contributed by atoms with Crippen molar-refractivity contribution >= 4 is 31.9 Å². The zero-order valence-electron chi connectivity index (χ0n) is 11.0. The molecule has 23 heavy (non-hydrogen) atoms. The Balaban J connectivity index is 3.75. The minimum atomic E-state index is -6.52. The molecular formula is C12H7Br2F9. The molecule has 1 rings (SSSR count). The van der Waals surface area contributed by atoms with Crippen molar-refractivity contribution in [3.8, 4) is 0 Å². The predicted octanol–water partition coefficient (Wildman–Crippen LogP) is 6.77. The second-order valence-electron chi connectivity index (χ2n) is 4.71. The van der Waals surface area contributed by atoms with E-state index in [-0.39, 0.29) is 15.9 Å². The number of halogens is 11. The Labute approximate surface area is 141 Å².